The Morgan fingerprint density at radius 3 is 2.47 bits per heavy atom. The smallest absolute Gasteiger partial charge is 0.193 e. The molecule has 1 aliphatic rings. The van der Waals surface area contributed by atoms with Crippen molar-refractivity contribution in [3.63, 3.8) is 0 Å². The predicted molar refractivity (Wildman–Crippen MR) is 73.3 cm³/mol. The average Bonchev–Trinajstić information content (AvgIpc) is 2.86. The highest BCUT2D eigenvalue weighted by Crippen LogP contribution is 2.47. The van der Waals surface area contributed by atoms with Gasteiger partial charge in [-0.2, -0.15) is 0 Å². The van der Waals surface area contributed by atoms with E-state index < -0.39 is 0 Å². The molecule has 0 spiro atoms. The van der Waals surface area contributed by atoms with Crippen LogP contribution in [0.5, 0.6) is 0 Å². The lowest BCUT2D eigenvalue weighted by atomic mass is 10.1. The third kappa shape index (κ3) is 2.99. The van der Waals surface area contributed by atoms with Crippen LogP contribution in [0.15, 0.2) is 29.3 Å². The number of benzene rings is 1. The topological polar surface area (TPSA) is 50.4 Å². The Hall–Kier alpha value is -1.51. The molecule has 0 aromatic heterocycles. The molecule has 17 heavy (non-hydrogen) atoms. The van der Waals surface area contributed by atoms with Crippen LogP contribution in [0.1, 0.15) is 32.8 Å². The van der Waals surface area contributed by atoms with Gasteiger partial charge in [0, 0.05) is 5.69 Å². The molecule has 1 saturated carbocycles. The second-order valence-electron chi connectivity index (χ2n) is 5.40. The molecular formula is C14H21N3. The van der Waals surface area contributed by atoms with Crippen LogP contribution in [0.25, 0.3) is 0 Å². The molecule has 0 saturated heterocycles. The zero-order valence-corrected chi connectivity index (χ0v) is 10.8. The number of nitrogens with one attached hydrogen (secondary N) is 1. The second kappa shape index (κ2) is 4.40. The van der Waals surface area contributed by atoms with Gasteiger partial charge < -0.3 is 11.1 Å². The maximum atomic E-state index is 5.88. The van der Waals surface area contributed by atoms with E-state index in [0.717, 1.165) is 18.5 Å². The molecule has 3 N–H and O–H groups in total. The van der Waals surface area contributed by atoms with Crippen LogP contribution >= 0.6 is 0 Å². The number of hydrogen-bond acceptors (Lipinski definition) is 1. The standard InChI is InChI=1S/C14H21N3/c1-4-10-5-7-11(8-6-10)16-13(15)17-12-9-14(12,2)3/h5-8,12H,4,9H2,1-3H3,(H3,15,16,17). The highest BCUT2D eigenvalue weighted by Gasteiger charge is 2.45. The molecule has 1 fully saturated rings. The van der Waals surface area contributed by atoms with E-state index in [1.807, 2.05) is 12.1 Å². The van der Waals surface area contributed by atoms with Crippen molar-refractivity contribution in [3.05, 3.63) is 29.8 Å². The fourth-order valence-corrected chi connectivity index (χ4v) is 1.83. The molecule has 0 radical (unpaired) electrons. The van der Waals surface area contributed by atoms with Crippen LogP contribution in [-0.2, 0) is 6.42 Å². The molecule has 2 rings (SSSR count). The average molecular weight is 231 g/mol. The first-order valence-corrected chi connectivity index (χ1v) is 6.20. The second-order valence-corrected chi connectivity index (χ2v) is 5.40. The van der Waals surface area contributed by atoms with Gasteiger partial charge in [-0.15, -0.1) is 0 Å². The Morgan fingerprint density at radius 2 is 2.00 bits per heavy atom. The lowest BCUT2D eigenvalue weighted by Gasteiger charge is -2.07. The first-order chi connectivity index (χ1) is 8.01. The monoisotopic (exact) mass is 231 g/mol. The minimum Gasteiger partial charge on any atom is -0.370 e. The minimum atomic E-state index is 0.332. The summed E-state index contributed by atoms with van der Waals surface area (Å²) in [5.41, 5.74) is 8.54. The van der Waals surface area contributed by atoms with Gasteiger partial charge in [-0.3, -0.25) is 0 Å². The summed E-state index contributed by atoms with van der Waals surface area (Å²) in [7, 11) is 0. The van der Waals surface area contributed by atoms with Crippen LogP contribution in [0.3, 0.4) is 0 Å². The Labute approximate surface area is 103 Å². The summed E-state index contributed by atoms with van der Waals surface area (Å²) in [6.07, 6.45) is 2.18. The van der Waals surface area contributed by atoms with E-state index >= 15 is 0 Å². The van der Waals surface area contributed by atoms with Crippen LogP contribution < -0.4 is 11.1 Å². The molecule has 1 aromatic carbocycles. The molecule has 1 aliphatic carbocycles. The van der Waals surface area contributed by atoms with Crippen LogP contribution in [-0.4, -0.2) is 12.0 Å². The molecule has 0 amide bonds. The van der Waals surface area contributed by atoms with Crippen molar-refractivity contribution in [3.8, 4) is 0 Å². The Balaban J connectivity index is 1.96. The Bertz CT molecular complexity index is 418. The lowest BCUT2D eigenvalue weighted by molar-refractivity contribution is 0.618. The molecule has 0 bridgehead atoms. The maximum absolute atomic E-state index is 5.88. The van der Waals surface area contributed by atoms with Gasteiger partial charge in [0.05, 0.1) is 6.04 Å². The molecule has 1 atom stereocenters. The number of nitrogens with two attached hydrogens (primary N) is 1. The van der Waals surface area contributed by atoms with Gasteiger partial charge in [0.25, 0.3) is 0 Å². The lowest BCUT2D eigenvalue weighted by Crippen LogP contribution is -2.23. The third-order valence-electron chi connectivity index (χ3n) is 3.39. The van der Waals surface area contributed by atoms with E-state index in [2.05, 4.69) is 43.2 Å². The Kier molecular flexibility index (Phi) is 3.09. The van der Waals surface area contributed by atoms with Gasteiger partial charge in [-0.05, 0) is 36.0 Å². The predicted octanol–water partition coefficient (Wildman–Crippen LogP) is 2.77. The number of aliphatic imine (C=N–C) groups is 1. The van der Waals surface area contributed by atoms with Crippen molar-refractivity contribution < 1.29 is 0 Å². The molecule has 92 valence electrons. The molecule has 0 heterocycles. The van der Waals surface area contributed by atoms with Crippen molar-refractivity contribution in [2.24, 2.45) is 16.1 Å². The third-order valence-corrected chi connectivity index (χ3v) is 3.39. The van der Waals surface area contributed by atoms with E-state index in [0.29, 0.717) is 17.4 Å². The minimum absolute atomic E-state index is 0.332. The summed E-state index contributed by atoms with van der Waals surface area (Å²) in [6.45, 7) is 6.57. The van der Waals surface area contributed by atoms with Crippen molar-refractivity contribution in [1.82, 2.24) is 0 Å². The number of anilines is 1. The van der Waals surface area contributed by atoms with Crippen molar-refractivity contribution in [2.45, 2.75) is 39.7 Å². The van der Waals surface area contributed by atoms with Gasteiger partial charge in [-0.25, -0.2) is 4.99 Å². The summed E-state index contributed by atoms with van der Waals surface area (Å²) in [5.74, 6) is 0.518. The van der Waals surface area contributed by atoms with Crippen LogP contribution in [0.2, 0.25) is 0 Å². The summed E-state index contributed by atoms with van der Waals surface area (Å²) < 4.78 is 0. The van der Waals surface area contributed by atoms with Gasteiger partial charge in [0.1, 0.15) is 0 Å². The fourth-order valence-electron chi connectivity index (χ4n) is 1.83. The summed E-state index contributed by atoms with van der Waals surface area (Å²) in [6, 6.07) is 8.68. The fraction of sp³-hybridized carbons (Fsp3) is 0.500. The molecule has 3 heteroatoms. The number of nitrogens with zero attached hydrogens (tertiary/aromatic N) is 1. The van der Waals surface area contributed by atoms with E-state index in [9.17, 15) is 0 Å². The largest absolute Gasteiger partial charge is 0.370 e. The number of aryl methyl sites for hydroxylation is 1. The van der Waals surface area contributed by atoms with E-state index in [-0.39, 0.29) is 0 Å². The summed E-state index contributed by atoms with van der Waals surface area (Å²) in [4.78, 5) is 4.46. The van der Waals surface area contributed by atoms with E-state index in [4.69, 9.17) is 5.73 Å². The number of guanidine groups is 1. The number of hydrogen-bond donors (Lipinski definition) is 2. The van der Waals surface area contributed by atoms with E-state index in [1.54, 1.807) is 0 Å². The number of rotatable bonds is 3. The summed E-state index contributed by atoms with van der Waals surface area (Å²) in [5, 5.41) is 3.13. The van der Waals surface area contributed by atoms with Crippen molar-refractivity contribution >= 4 is 11.6 Å². The first kappa shape index (κ1) is 12.0. The molecule has 1 aromatic rings. The van der Waals surface area contributed by atoms with E-state index in [1.165, 1.54) is 5.56 Å². The normalized spacial score (nSPS) is 22.3. The summed E-state index contributed by atoms with van der Waals surface area (Å²) >= 11 is 0. The molecule has 3 nitrogen and oxygen atoms in total. The SMILES string of the molecule is CCc1ccc(NC(N)=NC2CC2(C)C)cc1. The zero-order chi connectivity index (χ0) is 12.5. The van der Waals surface area contributed by atoms with Gasteiger partial charge in [0.15, 0.2) is 5.96 Å². The van der Waals surface area contributed by atoms with Gasteiger partial charge in [0.2, 0.25) is 0 Å². The van der Waals surface area contributed by atoms with Crippen LogP contribution in [0, 0.1) is 5.41 Å². The highest BCUT2D eigenvalue weighted by atomic mass is 15.1. The zero-order valence-electron chi connectivity index (χ0n) is 10.8. The first-order valence-electron chi connectivity index (χ1n) is 6.20. The van der Waals surface area contributed by atoms with Crippen LogP contribution in [0.4, 0.5) is 5.69 Å². The highest BCUT2D eigenvalue weighted by molar-refractivity contribution is 5.92. The molecular weight excluding hydrogens is 210 g/mol. The maximum Gasteiger partial charge on any atom is 0.193 e. The van der Waals surface area contributed by atoms with Crippen molar-refractivity contribution in [2.75, 3.05) is 5.32 Å². The quantitative estimate of drug-likeness (QED) is 0.621. The van der Waals surface area contributed by atoms with Gasteiger partial charge >= 0.3 is 0 Å². The molecule has 0 aliphatic heterocycles. The van der Waals surface area contributed by atoms with Gasteiger partial charge in [-0.1, -0.05) is 32.9 Å². The Morgan fingerprint density at radius 1 is 1.41 bits per heavy atom. The van der Waals surface area contributed by atoms with Crippen molar-refractivity contribution in [1.29, 1.82) is 0 Å². The molecule has 1 unspecified atom stereocenters.